The summed E-state index contributed by atoms with van der Waals surface area (Å²) in [6.45, 7) is 6.11. The molecule has 36 heavy (non-hydrogen) atoms. The molecule has 0 saturated heterocycles. The minimum atomic E-state index is -0.683. The summed E-state index contributed by atoms with van der Waals surface area (Å²) in [7, 11) is 0. The molecule has 1 aliphatic carbocycles. The van der Waals surface area contributed by atoms with Crippen molar-refractivity contribution in [1.82, 2.24) is 0 Å². The second kappa shape index (κ2) is 15.6. The first-order chi connectivity index (χ1) is 17.3. The van der Waals surface area contributed by atoms with Gasteiger partial charge in [-0.25, -0.2) is 0 Å². The Morgan fingerprint density at radius 3 is 1.83 bits per heavy atom. The Hall–Kier alpha value is -2.43. The van der Waals surface area contributed by atoms with Crippen LogP contribution in [0.3, 0.4) is 0 Å². The van der Waals surface area contributed by atoms with Gasteiger partial charge in [-0.05, 0) is 12.8 Å². The fourth-order valence-electron chi connectivity index (χ4n) is 4.75. The standard InChI is InChI=1S/C31H46O5/c1-4-5-6-7-8-9-10-11-12-13-14-15-16-21-27(32)36-23-31(2,3)22-26-28(33)24-19-17-18-20-25(24)29(34)30(26)35/h17-20,33H,4-16,21-23H2,1-3H3. The fourth-order valence-corrected chi connectivity index (χ4v) is 4.75. The van der Waals surface area contributed by atoms with E-state index in [2.05, 4.69) is 6.92 Å². The van der Waals surface area contributed by atoms with E-state index >= 15 is 0 Å². The number of rotatable bonds is 18. The normalized spacial score (nSPS) is 13.8. The largest absolute Gasteiger partial charge is 0.507 e. The van der Waals surface area contributed by atoms with Crippen LogP contribution in [0.5, 0.6) is 0 Å². The number of allylic oxidation sites excluding steroid dienone is 1. The summed E-state index contributed by atoms with van der Waals surface area (Å²) < 4.78 is 5.48. The summed E-state index contributed by atoms with van der Waals surface area (Å²) in [5, 5.41) is 10.6. The highest BCUT2D eigenvalue weighted by molar-refractivity contribution is 6.52. The Bertz CT molecular complexity index is 896. The van der Waals surface area contributed by atoms with Crippen LogP contribution in [-0.4, -0.2) is 29.2 Å². The highest BCUT2D eigenvalue weighted by Gasteiger charge is 2.36. The average Bonchev–Trinajstić information content (AvgIpc) is 2.87. The number of esters is 1. The number of ketones is 2. The monoisotopic (exact) mass is 498 g/mol. The number of carbonyl (C=O) groups excluding carboxylic acids is 3. The summed E-state index contributed by atoms with van der Waals surface area (Å²) in [5.74, 6) is -1.67. The van der Waals surface area contributed by atoms with E-state index in [4.69, 9.17) is 4.74 Å². The molecule has 0 fully saturated rings. The van der Waals surface area contributed by atoms with E-state index in [1.807, 2.05) is 13.8 Å². The van der Waals surface area contributed by atoms with Crippen molar-refractivity contribution in [1.29, 1.82) is 0 Å². The number of Topliss-reactive ketones (excluding diaryl/α,β-unsaturated/α-hetero) is 2. The zero-order valence-electron chi connectivity index (χ0n) is 22.7. The van der Waals surface area contributed by atoms with Crippen molar-refractivity contribution in [3.63, 3.8) is 0 Å². The molecule has 0 heterocycles. The number of unbranched alkanes of at least 4 members (excludes halogenated alkanes) is 12. The summed E-state index contributed by atoms with van der Waals surface area (Å²) in [6, 6.07) is 6.58. The van der Waals surface area contributed by atoms with Crippen molar-refractivity contribution in [2.24, 2.45) is 5.41 Å². The lowest BCUT2D eigenvalue weighted by Gasteiger charge is -2.27. The maximum atomic E-state index is 12.6. The van der Waals surface area contributed by atoms with Crippen LogP contribution in [0.15, 0.2) is 29.8 Å². The minimum absolute atomic E-state index is 0.0937. The Balaban J connectivity index is 1.61. The van der Waals surface area contributed by atoms with Gasteiger partial charge >= 0.3 is 5.97 Å². The Labute approximate surface area is 217 Å². The van der Waals surface area contributed by atoms with Gasteiger partial charge in [-0.1, -0.05) is 122 Å². The van der Waals surface area contributed by atoms with Crippen molar-refractivity contribution in [2.45, 2.75) is 117 Å². The van der Waals surface area contributed by atoms with E-state index in [0.29, 0.717) is 12.0 Å². The van der Waals surface area contributed by atoms with Crippen LogP contribution in [0.25, 0.3) is 5.76 Å². The van der Waals surface area contributed by atoms with E-state index in [9.17, 15) is 19.5 Å². The van der Waals surface area contributed by atoms with Crippen molar-refractivity contribution in [2.75, 3.05) is 6.61 Å². The molecule has 0 atom stereocenters. The topological polar surface area (TPSA) is 80.7 Å². The van der Waals surface area contributed by atoms with Gasteiger partial charge in [0.15, 0.2) is 0 Å². The lowest BCUT2D eigenvalue weighted by molar-refractivity contribution is -0.146. The first kappa shape index (κ1) is 29.8. The summed E-state index contributed by atoms with van der Waals surface area (Å²) >= 11 is 0. The van der Waals surface area contributed by atoms with Gasteiger partial charge in [-0.15, -0.1) is 0 Å². The maximum Gasteiger partial charge on any atom is 0.305 e. The summed E-state index contributed by atoms with van der Waals surface area (Å²) in [6.07, 6.45) is 16.9. The molecule has 0 saturated carbocycles. The van der Waals surface area contributed by atoms with E-state index in [-0.39, 0.29) is 35.9 Å². The molecule has 1 aromatic rings. The predicted molar refractivity (Wildman–Crippen MR) is 145 cm³/mol. The van der Waals surface area contributed by atoms with Crippen molar-refractivity contribution in [3.8, 4) is 0 Å². The second-order valence-electron chi connectivity index (χ2n) is 11.0. The van der Waals surface area contributed by atoms with Crippen LogP contribution in [0.2, 0.25) is 0 Å². The fraction of sp³-hybridized carbons (Fsp3) is 0.645. The van der Waals surface area contributed by atoms with Gasteiger partial charge in [-0.3, -0.25) is 14.4 Å². The van der Waals surface area contributed by atoms with Crippen molar-refractivity contribution >= 4 is 23.3 Å². The van der Waals surface area contributed by atoms with E-state index in [1.54, 1.807) is 24.3 Å². The van der Waals surface area contributed by atoms with Gasteiger partial charge in [0.1, 0.15) is 5.76 Å². The average molecular weight is 499 g/mol. The molecule has 0 aliphatic heterocycles. The number of hydrogen-bond donors (Lipinski definition) is 1. The third-order valence-electron chi connectivity index (χ3n) is 6.96. The number of aliphatic hydroxyl groups is 1. The third-order valence-corrected chi connectivity index (χ3v) is 6.96. The number of ether oxygens (including phenoxy) is 1. The number of carbonyl (C=O) groups is 3. The molecule has 0 bridgehead atoms. The van der Waals surface area contributed by atoms with Crippen LogP contribution in [0.1, 0.15) is 133 Å². The molecule has 5 nitrogen and oxygen atoms in total. The van der Waals surface area contributed by atoms with E-state index < -0.39 is 17.0 Å². The van der Waals surface area contributed by atoms with E-state index in [0.717, 1.165) is 19.3 Å². The molecule has 1 aromatic carbocycles. The van der Waals surface area contributed by atoms with Crippen molar-refractivity contribution in [3.05, 3.63) is 41.0 Å². The van der Waals surface area contributed by atoms with Gasteiger partial charge in [0.05, 0.1) is 6.61 Å². The van der Waals surface area contributed by atoms with Crippen molar-refractivity contribution < 1.29 is 24.2 Å². The molecule has 0 unspecified atom stereocenters. The first-order valence-corrected chi connectivity index (χ1v) is 14.0. The number of aliphatic hydroxyl groups excluding tert-OH is 1. The molecule has 5 heteroatoms. The van der Waals surface area contributed by atoms with Crippen LogP contribution in [0.4, 0.5) is 0 Å². The number of hydrogen-bond acceptors (Lipinski definition) is 5. The molecular formula is C31H46O5. The second-order valence-corrected chi connectivity index (χ2v) is 11.0. The zero-order valence-corrected chi connectivity index (χ0v) is 22.7. The molecule has 200 valence electrons. The molecule has 0 radical (unpaired) electrons. The highest BCUT2D eigenvalue weighted by Crippen LogP contribution is 2.35. The lowest BCUT2D eigenvalue weighted by Crippen LogP contribution is -2.29. The van der Waals surface area contributed by atoms with Gasteiger partial charge in [0, 0.05) is 28.5 Å². The van der Waals surface area contributed by atoms with E-state index in [1.165, 1.54) is 64.2 Å². The maximum absolute atomic E-state index is 12.6. The van der Waals surface area contributed by atoms with Gasteiger partial charge in [0.2, 0.25) is 11.6 Å². The van der Waals surface area contributed by atoms with Crippen LogP contribution in [0, 0.1) is 5.41 Å². The lowest BCUT2D eigenvalue weighted by atomic mass is 9.79. The number of fused-ring (bicyclic) bond motifs is 1. The smallest absolute Gasteiger partial charge is 0.305 e. The predicted octanol–water partition coefficient (Wildman–Crippen LogP) is 8.16. The molecule has 2 rings (SSSR count). The number of benzene rings is 1. The Kier molecular flexibility index (Phi) is 12.9. The minimum Gasteiger partial charge on any atom is -0.507 e. The zero-order chi connectivity index (χ0) is 26.4. The Morgan fingerprint density at radius 2 is 1.28 bits per heavy atom. The summed E-state index contributed by atoms with van der Waals surface area (Å²) in [5.41, 5.74) is 0.117. The molecule has 0 amide bonds. The third kappa shape index (κ3) is 9.91. The SMILES string of the molecule is CCCCCCCCCCCCCCCC(=O)OCC(C)(C)CC1=C(O)c2ccccc2C(=O)C1=O. The highest BCUT2D eigenvalue weighted by atomic mass is 16.5. The molecule has 1 aliphatic rings. The van der Waals surface area contributed by atoms with Gasteiger partial charge < -0.3 is 9.84 Å². The van der Waals surface area contributed by atoms with Crippen LogP contribution >= 0.6 is 0 Å². The van der Waals surface area contributed by atoms with Crippen LogP contribution in [-0.2, 0) is 14.3 Å². The summed E-state index contributed by atoms with van der Waals surface area (Å²) in [4.78, 5) is 37.3. The first-order valence-electron chi connectivity index (χ1n) is 14.0. The van der Waals surface area contributed by atoms with Gasteiger partial charge in [-0.2, -0.15) is 0 Å². The van der Waals surface area contributed by atoms with Crippen LogP contribution < -0.4 is 0 Å². The quantitative estimate of drug-likeness (QED) is 0.125. The molecule has 1 N–H and O–H groups in total. The molecule has 0 aromatic heterocycles. The molecule has 0 spiro atoms. The Morgan fingerprint density at radius 1 is 0.778 bits per heavy atom. The molecular weight excluding hydrogens is 452 g/mol. The van der Waals surface area contributed by atoms with Gasteiger partial charge in [0.25, 0.3) is 0 Å².